The molecule has 1 aliphatic rings. The van der Waals surface area contributed by atoms with Crippen molar-refractivity contribution in [1.29, 1.82) is 0 Å². The molecule has 0 aliphatic carbocycles. The van der Waals surface area contributed by atoms with Crippen LogP contribution in [-0.2, 0) is 9.53 Å². The monoisotopic (exact) mass is 400 g/mol. The Labute approximate surface area is 169 Å². The summed E-state index contributed by atoms with van der Waals surface area (Å²) in [5.74, 6) is -0.377. The second kappa shape index (κ2) is 9.52. The summed E-state index contributed by atoms with van der Waals surface area (Å²) in [4.78, 5) is 25.9. The zero-order valence-corrected chi connectivity index (χ0v) is 16.9. The van der Waals surface area contributed by atoms with Gasteiger partial charge in [-0.2, -0.15) is 0 Å². The van der Waals surface area contributed by atoms with E-state index >= 15 is 0 Å². The van der Waals surface area contributed by atoms with Gasteiger partial charge in [0.05, 0.1) is 28.8 Å². The van der Waals surface area contributed by atoms with E-state index in [0.717, 1.165) is 0 Å². The van der Waals surface area contributed by atoms with Crippen molar-refractivity contribution >= 4 is 23.3 Å². The molecule has 0 saturated heterocycles. The Morgan fingerprint density at radius 3 is 2.64 bits per heavy atom. The first-order valence-electron chi connectivity index (χ1n) is 9.53. The molecular weight excluding hydrogens is 374 g/mol. The number of nitrogens with two attached hydrogens (primary N) is 1. The molecule has 0 saturated carbocycles. The van der Waals surface area contributed by atoms with Gasteiger partial charge >= 0.3 is 12.0 Å². The third-order valence-corrected chi connectivity index (χ3v) is 5.67. The molecule has 4 N–H and O–H groups in total. The molecule has 0 spiro atoms. The summed E-state index contributed by atoms with van der Waals surface area (Å²) in [6.45, 7) is 4.48. The van der Waals surface area contributed by atoms with Crippen molar-refractivity contribution in [3.8, 4) is 0 Å². The summed E-state index contributed by atoms with van der Waals surface area (Å²) in [5.41, 5.74) is 2.31. The van der Waals surface area contributed by atoms with E-state index in [9.17, 15) is 9.59 Å². The van der Waals surface area contributed by atoms with E-state index in [0.29, 0.717) is 30.8 Å². The molecule has 0 bridgehead atoms. The molecule has 1 aliphatic heterocycles. The number of carbonyl (C=O) groups excluding carboxylic acids is 2. The fraction of sp³-hybridized carbons (Fsp3) is 0.333. The SMILES string of the molecule is CCOC(=O)C1=C(C[NH2+][C@H](c2ccccc2)c2cccs2)NC(=O)N[C@H]1CC. The van der Waals surface area contributed by atoms with Gasteiger partial charge < -0.3 is 20.7 Å². The van der Waals surface area contributed by atoms with Crippen molar-refractivity contribution in [2.75, 3.05) is 13.2 Å². The normalized spacial score (nSPS) is 17.6. The molecule has 1 aromatic heterocycles. The summed E-state index contributed by atoms with van der Waals surface area (Å²) in [7, 11) is 0. The fourth-order valence-corrected chi connectivity index (χ4v) is 4.25. The molecule has 0 unspecified atom stereocenters. The molecule has 1 aromatic carbocycles. The standard InChI is InChI=1S/C21H25N3O3S/c1-3-15-18(20(25)27-4-2)16(24-21(26)23-15)13-22-19(17-11-8-12-28-17)14-9-6-5-7-10-14/h5-12,15,19,22H,3-4,13H2,1-2H3,(H2,23,24,26)/p+1/t15-,19+/m0/s1. The molecule has 0 radical (unpaired) electrons. The number of esters is 1. The first-order valence-corrected chi connectivity index (χ1v) is 10.4. The maximum absolute atomic E-state index is 12.5. The molecule has 2 amide bonds. The molecule has 2 atom stereocenters. The molecule has 2 heterocycles. The Kier molecular flexibility index (Phi) is 6.84. The highest BCUT2D eigenvalue weighted by Gasteiger charge is 2.33. The van der Waals surface area contributed by atoms with Crippen LogP contribution in [0.25, 0.3) is 0 Å². The van der Waals surface area contributed by atoms with Gasteiger partial charge in [-0.25, -0.2) is 9.59 Å². The van der Waals surface area contributed by atoms with Gasteiger partial charge in [0.1, 0.15) is 12.6 Å². The highest BCUT2D eigenvalue weighted by atomic mass is 32.1. The van der Waals surface area contributed by atoms with Gasteiger partial charge in [0.25, 0.3) is 0 Å². The van der Waals surface area contributed by atoms with Gasteiger partial charge in [0.2, 0.25) is 0 Å². The molecular formula is C21H26N3O3S+. The van der Waals surface area contributed by atoms with Gasteiger partial charge in [0, 0.05) is 5.56 Å². The van der Waals surface area contributed by atoms with Crippen molar-refractivity contribution in [3.63, 3.8) is 0 Å². The summed E-state index contributed by atoms with van der Waals surface area (Å²) < 4.78 is 5.24. The van der Waals surface area contributed by atoms with Crippen LogP contribution in [0.3, 0.4) is 0 Å². The third kappa shape index (κ3) is 4.61. The zero-order chi connectivity index (χ0) is 19.9. The van der Waals surface area contributed by atoms with Gasteiger partial charge in [-0.15, -0.1) is 11.3 Å². The minimum Gasteiger partial charge on any atom is -0.463 e. The highest BCUT2D eigenvalue weighted by Crippen LogP contribution is 2.23. The first-order chi connectivity index (χ1) is 13.6. The molecule has 0 fully saturated rings. The van der Waals surface area contributed by atoms with Gasteiger partial charge in [-0.1, -0.05) is 43.3 Å². The minimum atomic E-state index is -0.377. The number of hydrogen-bond donors (Lipinski definition) is 3. The molecule has 2 aromatic rings. The van der Waals surface area contributed by atoms with Crippen LogP contribution in [0.5, 0.6) is 0 Å². The van der Waals surface area contributed by atoms with E-state index in [1.54, 1.807) is 18.3 Å². The maximum Gasteiger partial charge on any atom is 0.338 e. The number of ether oxygens (including phenoxy) is 1. The van der Waals surface area contributed by atoms with E-state index in [-0.39, 0.29) is 24.1 Å². The predicted molar refractivity (Wildman–Crippen MR) is 109 cm³/mol. The number of urea groups is 1. The average molecular weight is 401 g/mol. The number of quaternary nitrogens is 1. The van der Waals surface area contributed by atoms with Crippen molar-refractivity contribution in [1.82, 2.24) is 10.6 Å². The topological polar surface area (TPSA) is 84.0 Å². The van der Waals surface area contributed by atoms with Gasteiger partial charge in [0.15, 0.2) is 0 Å². The lowest BCUT2D eigenvalue weighted by Gasteiger charge is -2.28. The number of nitrogens with one attached hydrogen (secondary N) is 2. The summed E-state index contributed by atoms with van der Waals surface area (Å²) in [6, 6.07) is 13.8. The van der Waals surface area contributed by atoms with Crippen LogP contribution in [-0.4, -0.2) is 31.2 Å². The second-order valence-corrected chi connectivity index (χ2v) is 7.49. The van der Waals surface area contributed by atoms with Crippen LogP contribution in [0.4, 0.5) is 4.79 Å². The predicted octanol–water partition coefficient (Wildman–Crippen LogP) is 2.31. The number of benzene rings is 1. The largest absolute Gasteiger partial charge is 0.463 e. The summed E-state index contributed by atoms with van der Waals surface area (Å²) >= 11 is 1.69. The number of hydrogen-bond acceptors (Lipinski definition) is 4. The highest BCUT2D eigenvalue weighted by molar-refractivity contribution is 7.10. The van der Waals surface area contributed by atoms with Crippen LogP contribution in [0, 0.1) is 0 Å². The van der Waals surface area contributed by atoms with Gasteiger partial charge in [-0.05, 0) is 24.8 Å². The maximum atomic E-state index is 12.5. The minimum absolute atomic E-state index is 0.0870. The Morgan fingerprint density at radius 1 is 1.21 bits per heavy atom. The van der Waals surface area contributed by atoms with Crippen molar-refractivity contribution in [2.45, 2.75) is 32.4 Å². The Balaban J connectivity index is 1.89. The molecule has 148 valence electrons. The van der Waals surface area contributed by atoms with Crippen LogP contribution >= 0.6 is 11.3 Å². The quantitative estimate of drug-likeness (QED) is 0.595. The van der Waals surface area contributed by atoms with Crippen molar-refractivity contribution < 1.29 is 19.6 Å². The lowest BCUT2D eigenvalue weighted by atomic mass is 9.99. The number of amides is 2. The van der Waals surface area contributed by atoms with Crippen molar-refractivity contribution in [2.24, 2.45) is 0 Å². The van der Waals surface area contributed by atoms with E-state index in [1.807, 2.05) is 31.2 Å². The zero-order valence-electron chi connectivity index (χ0n) is 16.1. The first kappa shape index (κ1) is 20.1. The lowest BCUT2D eigenvalue weighted by molar-refractivity contribution is -0.680. The van der Waals surface area contributed by atoms with Crippen LogP contribution < -0.4 is 16.0 Å². The Morgan fingerprint density at radius 2 is 2.00 bits per heavy atom. The average Bonchev–Trinajstić information content (AvgIpc) is 3.23. The van der Waals surface area contributed by atoms with Gasteiger partial charge in [-0.3, -0.25) is 0 Å². The van der Waals surface area contributed by atoms with Crippen LogP contribution in [0.15, 0.2) is 59.1 Å². The van der Waals surface area contributed by atoms with Crippen LogP contribution in [0.2, 0.25) is 0 Å². The van der Waals surface area contributed by atoms with E-state index in [4.69, 9.17) is 4.74 Å². The smallest absolute Gasteiger partial charge is 0.338 e. The second-order valence-electron chi connectivity index (χ2n) is 6.52. The number of rotatable bonds is 8. The molecule has 7 heteroatoms. The van der Waals surface area contributed by atoms with E-state index in [1.165, 1.54) is 10.4 Å². The number of thiophene rings is 1. The Hall–Kier alpha value is -2.64. The van der Waals surface area contributed by atoms with E-state index < -0.39 is 0 Å². The lowest BCUT2D eigenvalue weighted by Crippen LogP contribution is -2.86. The van der Waals surface area contributed by atoms with Crippen molar-refractivity contribution in [3.05, 3.63) is 69.6 Å². The fourth-order valence-electron chi connectivity index (χ4n) is 3.40. The Bertz CT molecular complexity index is 834. The number of carbonyl (C=O) groups is 2. The molecule has 3 rings (SSSR count). The van der Waals surface area contributed by atoms with E-state index in [2.05, 4.69) is 39.5 Å². The third-order valence-electron chi connectivity index (χ3n) is 4.71. The molecule has 6 nitrogen and oxygen atoms in total. The van der Waals surface area contributed by atoms with Crippen LogP contribution in [0.1, 0.15) is 36.8 Å². The molecule has 28 heavy (non-hydrogen) atoms. The summed E-state index contributed by atoms with van der Waals surface area (Å²) in [6.07, 6.45) is 0.623. The summed E-state index contributed by atoms with van der Waals surface area (Å²) in [5, 5.41) is 9.84.